The summed E-state index contributed by atoms with van der Waals surface area (Å²) in [6.07, 6.45) is 0.543. The fraction of sp³-hybridized carbons (Fsp3) is 0.250. The Morgan fingerprint density at radius 3 is 2.50 bits per heavy atom. The molecule has 0 fully saturated rings. The van der Waals surface area contributed by atoms with Gasteiger partial charge in [0.15, 0.2) is 0 Å². The van der Waals surface area contributed by atoms with Gasteiger partial charge in [0.2, 0.25) is 5.76 Å². The summed E-state index contributed by atoms with van der Waals surface area (Å²) in [4.78, 5) is 0. The molecule has 0 amide bonds. The Kier molecular flexibility index (Phi) is 2.13. The van der Waals surface area contributed by atoms with Crippen molar-refractivity contribution in [1.82, 2.24) is 0 Å². The molecule has 0 aliphatic heterocycles. The molecule has 1 rings (SSSR count). The third-order valence-corrected chi connectivity index (χ3v) is 1.22. The molecule has 0 spiro atoms. The van der Waals surface area contributed by atoms with Gasteiger partial charge in [0, 0.05) is 0 Å². The Labute approximate surface area is 67.2 Å². The first-order valence-corrected chi connectivity index (χ1v) is 3.13. The highest BCUT2D eigenvalue weighted by Gasteiger charge is 2.34. The standard InChI is InChI=1S/C8H5F3O/c1-2-3-6-4-5-7(12-6)8(9,10)11/h1,4-5H,3H2. The van der Waals surface area contributed by atoms with Gasteiger partial charge in [-0.05, 0) is 12.1 Å². The zero-order valence-corrected chi connectivity index (χ0v) is 5.98. The van der Waals surface area contributed by atoms with Gasteiger partial charge in [-0.25, -0.2) is 0 Å². The van der Waals surface area contributed by atoms with Crippen molar-refractivity contribution in [2.45, 2.75) is 12.6 Å². The fourth-order valence-corrected chi connectivity index (χ4v) is 0.726. The smallest absolute Gasteiger partial charge is 0.449 e. The first kappa shape index (κ1) is 8.72. The molecule has 1 heterocycles. The first-order chi connectivity index (χ1) is 5.54. The van der Waals surface area contributed by atoms with Crippen molar-refractivity contribution < 1.29 is 17.6 Å². The SMILES string of the molecule is C#CCc1ccc(C(F)(F)F)o1. The summed E-state index contributed by atoms with van der Waals surface area (Å²) in [5, 5.41) is 0. The molecule has 0 atom stereocenters. The van der Waals surface area contributed by atoms with Crippen LogP contribution in [0, 0.1) is 12.3 Å². The zero-order valence-electron chi connectivity index (χ0n) is 5.98. The molecular formula is C8H5F3O. The first-order valence-electron chi connectivity index (χ1n) is 3.13. The zero-order chi connectivity index (χ0) is 9.19. The van der Waals surface area contributed by atoms with Crippen LogP contribution in [0.4, 0.5) is 13.2 Å². The fourth-order valence-electron chi connectivity index (χ4n) is 0.726. The molecule has 0 aliphatic rings. The highest BCUT2D eigenvalue weighted by Crippen LogP contribution is 2.30. The van der Waals surface area contributed by atoms with Gasteiger partial charge in [-0.1, -0.05) is 5.92 Å². The molecular weight excluding hydrogens is 169 g/mol. The minimum atomic E-state index is -4.42. The third kappa shape index (κ3) is 1.82. The lowest BCUT2D eigenvalue weighted by Gasteiger charge is -1.99. The molecule has 1 aromatic heterocycles. The maximum atomic E-state index is 11.9. The maximum Gasteiger partial charge on any atom is 0.449 e. The Hall–Kier alpha value is -1.37. The van der Waals surface area contributed by atoms with Crippen LogP contribution in [0.5, 0.6) is 0 Å². The molecule has 12 heavy (non-hydrogen) atoms. The Balaban J connectivity index is 2.86. The highest BCUT2D eigenvalue weighted by atomic mass is 19.4. The molecule has 0 aliphatic carbocycles. The van der Waals surface area contributed by atoms with Crippen molar-refractivity contribution in [3.63, 3.8) is 0 Å². The van der Waals surface area contributed by atoms with Crippen LogP contribution in [0.3, 0.4) is 0 Å². The van der Waals surface area contributed by atoms with Crippen LogP contribution in [0.1, 0.15) is 11.5 Å². The van der Waals surface area contributed by atoms with E-state index in [-0.39, 0.29) is 12.2 Å². The molecule has 64 valence electrons. The average Bonchev–Trinajstić information content (AvgIpc) is 2.35. The van der Waals surface area contributed by atoms with Crippen LogP contribution in [-0.2, 0) is 12.6 Å². The second-order valence-electron chi connectivity index (χ2n) is 2.14. The summed E-state index contributed by atoms with van der Waals surface area (Å²) < 4.78 is 40.1. The number of halogens is 3. The van der Waals surface area contributed by atoms with Gasteiger partial charge < -0.3 is 4.42 Å². The monoisotopic (exact) mass is 174 g/mol. The van der Waals surface area contributed by atoms with E-state index in [9.17, 15) is 13.2 Å². The van der Waals surface area contributed by atoms with Crippen molar-refractivity contribution in [1.29, 1.82) is 0 Å². The van der Waals surface area contributed by atoms with Gasteiger partial charge in [0.05, 0.1) is 6.42 Å². The van der Waals surface area contributed by atoms with E-state index in [0.29, 0.717) is 0 Å². The number of alkyl halides is 3. The van der Waals surface area contributed by atoms with Gasteiger partial charge >= 0.3 is 6.18 Å². The molecule has 1 aromatic rings. The van der Waals surface area contributed by atoms with Crippen molar-refractivity contribution in [3.05, 3.63) is 23.7 Å². The summed E-state index contributed by atoms with van der Waals surface area (Å²) >= 11 is 0. The van der Waals surface area contributed by atoms with Gasteiger partial charge in [-0.15, -0.1) is 6.42 Å². The average molecular weight is 174 g/mol. The van der Waals surface area contributed by atoms with Crippen LogP contribution < -0.4 is 0 Å². The Morgan fingerprint density at radius 2 is 2.08 bits per heavy atom. The number of hydrogen-bond acceptors (Lipinski definition) is 1. The van der Waals surface area contributed by atoms with Crippen LogP contribution in [0.2, 0.25) is 0 Å². The summed E-state index contributed by atoms with van der Waals surface area (Å²) in [6.45, 7) is 0. The van der Waals surface area contributed by atoms with Gasteiger partial charge in [-0.3, -0.25) is 0 Å². The lowest BCUT2D eigenvalue weighted by Crippen LogP contribution is -2.02. The number of rotatable bonds is 1. The summed E-state index contributed by atoms with van der Waals surface area (Å²) in [7, 11) is 0. The van der Waals surface area contributed by atoms with Crippen LogP contribution in [0.25, 0.3) is 0 Å². The minimum Gasteiger partial charge on any atom is -0.455 e. The molecule has 0 N–H and O–H groups in total. The van der Waals surface area contributed by atoms with Gasteiger partial charge in [-0.2, -0.15) is 13.2 Å². The molecule has 0 aromatic carbocycles. The van der Waals surface area contributed by atoms with E-state index >= 15 is 0 Å². The molecule has 4 heteroatoms. The van der Waals surface area contributed by atoms with Crippen molar-refractivity contribution in [2.24, 2.45) is 0 Å². The van der Waals surface area contributed by atoms with Crippen LogP contribution in [-0.4, -0.2) is 0 Å². The number of terminal acetylenes is 1. The van der Waals surface area contributed by atoms with Crippen molar-refractivity contribution >= 4 is 0 Å². The predicted molar refractivity (Wildman–Crippen MR) is 36.2 cm³/mol. The van der Waals surface area contributed by atoms with E-state index in [4.69, 9.17) is 6.42 Å². The van der Waals surface area contributed by atoms with Crippen LogP contribution in [0.15, 0.2) is 16.5 Å². The molecule has 0 saturated carbocycles. The second kappa shape index (κ2) is 2.94. The summed E-state index contributed by atoms with van der Waals surface area (Å²) in [6, 6.07) is 2.09. The number of hydrogen-bond donors (Lipinski definition) is 0. The van der Waals surface area contributed by atoms with E-state index < -0.39 is 11.9 Å². The topological polar surface area (TPSA) is 13.1 Å². The second-order valence-corrected chi connectivity index (χ2v) is 2.14. The van der Waals surface area contributed by atoms with E-state index in [2.05, 4.69) is 10.3 Å². The Morgan fingerprint density at radius 1 is 1.42 bits per heavy atom. The van der Waals surface area contributed by atoms with Crippen molar-refractivity contribution in [2.75, 3.05) is 0 Å². The molecule has 0 saturated heterocycles. The maximum absolute atomic E-state index is 11.9. The highest BCUT2D eigenvalue weighted by molar-refractivity contribution is 5.13. The molecule has 0 bridgehead atoms. The quantitative estimate of drug-likeness (QED) is 0.596. The lowest BCUT2D eigenvalue weighted by atomic mass is 10.3. The third-order valence-electron chi connectivity index (χ3n) is 1.22. The van der Waals surface area contributed by atoms with E-state index in [0.717, 1.165) is 6.07 Å². The minimum absolute atomic E-state index is 0.0794. The molecule has 0 radical (unpaired) electrons. The molecule has 1 nitrogen and oxygen atoms in total. The van der Waals surface area contributed by atoms with Crippen LogP contribution >= 0.6 is 0 Å². The van der Waals surface area contributed by atoms with E-state index in [1.807, 2.05) is 0 Å². The van der Waals surface area contributed by atoms with E-state index in [1.165, 1.54) is 6.07 Å². The van der Waals surface area contributed by atoms with Gasteiger partial charge in [0.25, 0.3) is 0 Å². The largest absolute Gasteiger partial charge is 0.455 e. The van der Waals surface area contributed by atoms with E-state index in [1.54, 1.807) is 0 Å². The summed E-state index contributed by atoms with van der Waals surface area (Å²) in [5.74, 6) is 1.34. The Bertz CT molecular complexity index is 303. The van der Waals surface area contributed by atoms with Crippen molar-refractivity contribution in [3.8, 4) is 12.3 Å². The normalized spacial score (nSPS) is 11.2. The number of furan rings is 1. The van der Waals surface area contributed by atoms with Gasteiger partial charge in [0.1, 0.15) is 5.76 Å². The predicted octanol–water partition coefficient (Wildman–Crippen LogP) is 2.47. The lowest BCUT2D eigenvalue weighted by molar-refractivity contribution is -0.153. The summed E-state index contributed by atoms with van der Waals surface area (Å²) in [5.41, 5.74) is 0. The molecule has 0 unspecified atom stereocenters.